The molecule has 0 N–H and O–H groups in total. The molecule has 2 atom stereocenters. The summed E-state index contributed by atoms with van der Waals surface area (Å²) in [5.74, 6) is 0.994. The van der Waals surface area contributed by atoms with E-state index in [1.165, 1.54) is 19.3 Å². The summed E-state index contributed by atoms with van der Waals surface area (Å²) in [5.41, 5.74) is 0.389. The van der Waals surface area contributed by atoms with Gasteiger partial charge in [0.05, 0.1) is 0 Å². The van der Waals surface area contributed by atoms with Crippen molar-refractivity contribution in [2.45, 2.75) is 46.5 Å². The summed E-state index contributed by atoms with van der Waals surface area (Å²) in [6, 6.07) is 0. The molecule has 0 aromatic heterocycles. The molecule has 2 heteroatoms. The maximum absolute atomic E-state index is 11.2. The summed E-state index contributed by atoms with van der Waals surface area (Å²) in [4.78, 5) is 13.0. The fraction of sp³-hybridized carbons (Fsp3) is 0.786. The van der Waals surface area contributed by atoms with Gasteiger partial charge in [0.25, 0.3) is 0 Å². The molecule has 1 rings (SSSR count). The van der Waals surface area contributed by atoms with Crippen LogP contribution in [0.1, 0.15) is 46.5 Å². The van der Waals surface area contributed by atoms with E-state index in [9.17, 15) is 4.79 Å². The molecule has 0 aromatic carbocycles. The van der Waals surface area contributed by atoms with Crippen molar-refractivity contribution < 1.29 is 4.79 Å². The SMILES string of the molecule is CC/C=C\CCC1CC1(C)CN(C)C(C)=O. The summed E-state index contributed by atoms with van der Waals surface area (Å²) in [6.07, 6.45) is 9.41. The number of amides is 1. The molecule has 0 saturated heterocycles. The number of rotatable bonds is 6. The molecule has 1 aliphatic rings. The van der Waals surface area contributed by atoms with Gasteiger partial charge in [0.1, 0.15) is 0 Å². The topological polar surface area (TPSA) is 20.3 Å². The van der Waals surface area contributed by atoms with Gasteiger partial charge in [-0.1, -0.05) is 26.0 Å². The second-order valence-corrected chi connectivity index (χ2v) is 5.39. The molecule has 1 fully saturated rings. The third-order valence-electron chi connectivity index (χ3n) is 3.76. The zero-order valence-electron chi connectivity index (χ0n) is 11.1. The first-order valence-electron chi connectivity index (χ1n) is 6.36. The van der Waals surface area contributed by atoms with Crippen LogP contribution >= 0.6 is 0 Å². The Morgan fingerprint density at radius 1 is 1.50 bits per heavy atom. The van der Waals surface area contributed by atoms with E-state index in [1.807, 2.05) is 11.9 Å². The fourth-order valence-corrected chi connectivity index (χ4v) is 2.38. The van der Waals surface area contributed by atoms with Crippen LogP contribution in [0.15, 0.2) is 12.2 Å². The quantitative estimate of drug-likeness (QED) is 0.633. The Balaban J connectivity index is 2.25. The Morgan fingerprint density at radius 3 is 2.75 bits per heavy atom. The van der Waals surface area contributed by atoms with Crippen LogP contribution in [0, 0.1) is 11.3 Å². The van der Waals surface area contributed by atoms with Crippen LogP contribution in [-0.4, -0.2) is 24.4 Å². The van der Waals surface area contributed by atoms with Gasteiger partial charge in [-0.2, -0.15) is 0 Å². The van der Waals surface area contributed by atoms with E-state index >= 15 is 0 Å². The van der Waals surface area contributed by atoms with Crippen LogP contribution in [0.3, 0.4) is 0 Å². The molecule has 16 heavy (non-hydrogen) atoms. The van der Waals surface area contributed by atoms with Gasteiger partial charge in [-0.15, -0.1) is 0 Å². The highest BCUT2D eigenvalue weighted by Gasteiger charge is 2.49. The molecule has 0 bridgehead atoms. The van der Waals surface area contributed by atoms with Gasteiger partial charge < -0.3 is 4.90 Å². The molecule has 0 aliphatic heterocycles. The smallest absolute Gasteiger partial charge is 0.219 e. The Bertz CT molecular complexity index is 272. The molecule has 0 radical (unpaired) electrons. The normalized spacial score (nSPS) is 28.4. The van der Waals surface area contributed by atoms with Gasteiger partial charge >= 0.3 is 0 Å². The average molecular weight is 223 g/mol. The first kappa shape index (κ1) is 13.3. The predicted octanol–water partition coefficient (Wildman–Crippen LogP) is 3.24. The maximum Gasteiger partial charge on any atom is 0.219 e. The van der Waals surface area contributed by atoms with Crippen LogP contribution in [-0.2, 0) is 4.79 Å². The summed E-state index contributed by atoms with van der Waals surface area (Å²) >= 11 is 0. The second-order valence-electron chi connectivity index (χ2n) is 5.39. The van der Waals surface area contributed by atoms with Gasteiger partial charge in [-0.3, -0.25) is 4.79 Å². The highest BCUT2D eigenvalue weighted by molar-refractivity contribution is 5.72. The summed E-state index contributed by atoms with van der Waals surface area (Å²) in [5, 5.41) is 0. The zero-order chi connectivity index (χ0) is 12.2. The third kappa shape index (κ3) is 3.66. The Kier molecular flexibility index (Phi) is 4.57. The fourth-order valence-electron chi connectivity index (χ4n) is 2.38. The molecule has 0 aromatic rings. The van der Waals surface area contributed by atoms with Crippen molar-refractivity contribution >= 4 is 5.91 Å². The van der Waals surface area contributed by atoms with E-state index in [0.29, 0.717) is 5.41 Å². The first-order chi connectivity index (χ1) is 7.49. The standard InChI is InChI=1S/C14H25NO/c1-5-6-7-8-9-13-10-14(13,3)11-15(4)12(2)16/h6-7,13H,5,8-11H2,1-4H3/b7-6-. The second kappa shape index (κ2) is 5.51. The van der Waals surface area contributed by atoms with Gasteiger partial charge in [0, 0.05) is 20.5 Å². The van der Waals surface area contributed by atoms with E-state index in [-0.39, 0.29) is 5.91 Å². The number of carbonyl (C=O) groups is 1. The molecule has 2 nitrogen and oxygen atoms in total. The number of hydrogen-bond donors (Lipinski definition) is 0. The van der Waals surface area contributed by atoms with Crippen LogP contribution < -0.4 is 0 Å². The van der Waals surface area contributed by atoms with Crippen molar-refractivity contribution in [2.75, 3.05) is 13.6 Å². The predicted molar refractivity (Wildman–Crippen MR) is 68.2 cm³/mol. The molecule has 0 spiro atoms. The van der Waals surface area contributed by atoms with E-state index in [0.717, 1.165) is 18.9 Å². The molecule has 0 heterocycles. The van der Waals surface area contributed by atoms with Crippen molar-refractivity contribution in [1.29, 1.82) is 0 Å². The molecule has 2 unspecified atom stereocenters. The monoisotopic (exact) mass is 223 g/mol. The summed E-state index contributed by atoms with van der Waals surface area (Å²) in [6.45, 7) is 7.04. The third-order valence-corrected chi connectivity index (χ3v) is 3.76. The van der Waals surface area contributed by atoms with E-state index < -0.39 is 0 Å². The molecule has 1 aliphatic carbocycles. The van der Waals surface area contributed by atoms with Crippen LogP contribution in [0.4, 0.5) is 0 Å². The van der Waals surface area contributed by atoms with Gasteiger partial charge in [0.2, 0.25) is 5.91 Å². The van der Waals surface area contributed by atoms with Crippen molar-refractivity contribution in [3.63, 3.8) is 0 Å². The van der Waals surface area contributed by atoms with Gasteiger partial charge in [-0.05, 0) is 37.0 Å². The van der Waals surface area contributed by atoms with E-state index in [2.05, 4.69) is 26.0 Å². The highest BCUT2D eigenvalue weighted by atomic mass is 16.2. The number of carbonyl (C=O) groups excluding carboxylic acids is 1. The minimum absolute atomic E-state index is 0.178. The Hall–Kier alpha value is -0.790. The molecule has 1 amide bonds. The lowest BCUT2D eigenvalue weighted by Gasteiger charge is -2.20. The number of hydrogen-bond acceptors (Lipinski definition) is 1. The van der Waals surface area contributed by atoms with Crippen molar-refractivity contribution in [1.82, 2.24) is 4.90 Å². The van der Waals surface area contributed by atoms with E-state index in [4.69, 9.17) is 0 Å². The number of allylic oxidation sites excluding steroid dienone is 2. The van der Waals surface area contributed by atoms with Crippen molar-refractivity contribution in [2.24, 2.45) is 11.3 Å². The minimum Gasteiger partial charge on any atom is -0.345 e. The Morgan fingerprint density at radius 2 is 2.19 bits per heavy atom. The highest BCUT2D eigenvalue weighted by Crippen LogP contribution is 2.54. The lowest BCUT2D eigenvalue weighted by molar-refractivity contribution is -0.128. The summed E-state index contributed by atoms with van der Waals surface area (Å²) < 4.78 is 0. The zero-order valence-corrected chi connectivity index (χ0v) is 11.1. The average Bonchev–Trinajstić information content (AvgIpc) is 2.84. The molecule has 92 valence electrons. The van der Waals surface area contributed by atoms with Gasteiger partial charge in [0.15, 0.2) is 0 Å². The van der Waals surface area contributed by atoms with Crippen LogP contribution in [0.5, 0.6) is 0 Å². The molecule has 1 saturated carbocycles. The first-order valence-corrected chi connectivity index (χ1v) is 6.36. The molecular weight excluding hydrogens is 198 g/mol. The maximum atomic E-state index is 11.2. The van der Waals surface area contributed by atoms with Crippen LogP contribution in [0.2, 0.25) is 0 Å². The Labute approximate surface area is 99.7 Å². The lowest BCUT2D eigenvalue weighted by Crippen LogP contribution is -2.30. The minimum atomic E-state index is 0.178. The van der Waals surface area contributed by atoms with Crippen molar-refractivity contribution in [3.8, 4) is 0 Å². The van der Waals surface area contributed by atoms with E-state index in [1.54, 1.807) is 6.92 Å². The largest absolute Gasteiger partial charge is 0.345 e. The van der Waals surface area contributed by atoms with Gasteiger partial charge in [-0.25, -0.2) is 0 Å². The lowest BCUT2D eigenvalue weighted by atomic mass is 10.0. The molecular formula is C14H25NO. The van der Waals surface area contributed by atoms with Crippen molar-refractivity contribution in [3.05, 3.63) is 12.2 Å². The van der Waals surface area contributed by atoms with Crippen LogP contribution in [0.25, 0.3) is 0 Å². The summed E-state index contributed by atoms with van der Waals surface area (Å²) in [7, 11) is 1.90. The number of nitrogens with zero attached hydrogens (tertiary/aromatic N) is 1.